The van der Waals surface area contributed by atoms with Gasteiger partial charge < -0.3 is 4.42 Å². The third kappa shape index (κ3) is 4.47. The Hall–Kier alpha value is -6.19. The molecule has 0 atom stereocenters. The number of aromatic nitrogens is 2. The van der Waals surface area contributed by atoms with Gasteiger partial charge in [-0.1, -0.05) is 133 Å². The minimum Gasteiger partial charge on any atom is -0.455 e. The maximum absolute atomic E-state index is 6.81. The Morgan fingerprint density at radius 3 is 1.79 bits per heavy atom. The van der Waals surface area contributed by atoms with Gasteiger partial charge in [0.1, 0.15) is 16.8 Å². The number of fused-ring (bicyclic) bond motifs is 4. The summed E-state index contributed by atoms with van der Waals surface area (Å²) in [6, 6.07) is 58.3. The molecule has 2 heterocycles. The lowest BCUT2D eigenvalue weighted by Gasteiger charge is -2.09. The molecule has 0 amide bonds. The van der Waals surface area contributed by atoms with Crippen LogP contribution in [0.2, 0.25) is 0 Å². The molecule has 0 bridgehead atoms. The molecule has 0 radical (unpaired) electrons. The monoisotopic (exact) mass is 617 g/mol. The minimum atomic E-state index is 0.895. The highest BCUT2D eigenvalue weighted by Gasteiger charge is 2.30. The van der Waals surface area contributed by atoms with Crippen molar-refractivity contribution in [1.29, 1.82) is 0 Å². The zero-order valence-electron chi connectivity index (χ0n) is 26.9. The van der Waals surface area contributed by atoms with E-state index in [1.54, 1.807) is 0 Å². The molecule has 3 nitrogen and oxygen atoms in total. The molecule has 0 spiro atoms. The molecule has 7 aromatic carbocycles. The molecular formula is C45H33N2O+. The number of benzene rings is 7. The lowest BCUT2D eigenvalue weighted by molar-refractivity contribution is -0.633. The number of hydrogen-bond donors (Lipinski definition) is 0. The highest BCUT2D eigenvalue weighted by atomic mass is 16.3. The molecule has 0 unspecified atom stereocenters. The molecule has 0 aliphatic rings. The van der Waals surface area contributed by atoms with Crippen molar-refractivity contribution in [2.24, 2.45) is 7.05 Å². The molecule has 0 N–H and O–H groups in total. The van der Waals surface area contributed by atoms with Gasteiger partial charge in [-0.3, -0.25) is 0 Å². The first-order chi connectivity index (χ1) is 23.7. The Morgan fingerprint density at radius 1 is 0.521 bits per heavy atom. The number of nitrogens with zero attached hydrogens (tertiary/aromatic N) is 2. The van der Waals surface area contributed by atoms with Crippen molar-refractivity contribution in [2.45, 2.75) is 6.92 Å². The molecule has 9 rings (SSSR count). The van der Waals surface area contributed by atoms with Crippen molar-refractivity contribution in [3.8, 4) is 50.5 Å². The maximum atomic E-state index is 6.81. The summed E-state index contributed by atoms with van der Waals surface area (Å²) in [6.45, 7) is 2.18. The fourth-order valence-electron chi connectivity index (χ4n) is 7.27. The summed E-state index contributed by atoms with van der Waals surface area (Å²) in [7, 11) is 2.16. The van der Waals surface area contributed by atoms with Gasteiger partial charge in [0.15, 0.2) is 16.6 Å². The van der Waals surface area contributed by atoms with E-state index in [1.807, 2.05) is 0 Å². The van der Waals surface area contributed by atoms with Gasteiger partial charge in [0.05, 0.1) is 7.05 Å². The van der Waals surface area contributed by atoms with Gasteiger partial charge in [0.25, 0.3) is 5.82 Å². The van der Waals surface area contributed by atoms with Crippen molar-refractivity contribution in [3.63, 3.8) is 0 Å². The number of imidazole rings is 1. The minimum absolute atomic E-state index is 0.895. The van der Waals surface area contributed by atoms with Crippen LogP contribution in [0.15, 0.2) is 168 Å². The lowest BCUT2D eigenvalue weighted by Crippen LogP contribution is -2.30. The molecule has 0 saturated heterocycles. The highest BCUT2D eigenvalue weighted by Crippen LogP contribution is 2.42. The third-order valence-electron chi connectivity index (χ3n) is 9.65. The maximum Gasteiger partial charge on any atom is 0.298 e. The van der Waals surface area contributed by atoms with Crippen LogP contribution in [-0.2, 0) is 7.05 Å². The van der Waals surface area contributed by atoms with E-state index in [9.17, 15) is 0 Å². The zero-order chi connectivity index (χ0) is 32.2. The molecule has 3 heteroatoms. The van der Waals surface area contributed by atoms with E-state index in [1.165, 1.54) is 33.4 Å². The van der Waals surface area contributed by atoms with Crippen LogP contribution in [0.25, 0.3) is 83.4 Å². The molecule has 228 valence electrons. The van der Waals surface area contributed by atoms with Gasteiger partial charge in [-0.25, -0.2) is 4.57 Å². The predicted molar refractivity (Wildman–Crippen MR) is 198 cm³/mol. The fraction of sp³-hybridized carbons (Fsp3) is 0.0444. The van der Waals surface area contributed by atoms with E-state index in [2.05, 4.69) is 187 Å². The van der Waals surface area contributed by atoms with Gasteiger partial charge >= 0.3 is 0 Å². The predicted octanol–water partition coefficient (Wildman–Crippen LogP) is 11.3. The summed E-state index contributed by atoms with van der Waals surface area (Å²) in [5.74, 6) is 1.08. The summed E-state index contributed by atoms with van der Waals surface area (Å²) < 4.78 is 11.5. The lowest BCUT2D eigenvalue weighted by atomic mass is 9.97. The summed E-state index contributed by atoms with van der Waals surface area (Å²) in [6.07, 6.45) is 0. The highest BCUT2D eigenvalue weighted by molar-refractivity contribution is 6.15. The Bertz CT molecular complexity index is 2590. The summed E-state index contributed by atoms with van der Waals surface area (Å²) in [5.41, 5.74) is 14.7. The van der Waals surface area contributed by atoms with Crippen molar-refractivity contribution in [1.82, 2.24) is 4.57 Å². The van der Waals surface area contributed by atoms with Gasteiger partial charge in [-0.2, -0.15) is 4.57 Å². The standard InChI is InChI=1S/C45H33N2O/c1-30-20-29-38-43-37(35-14-7-4-8-15-35)16-11-19-41(43)48-44(38)42(30)45-46(2)39-17-9-10-18-40(39)47(45)36-27-25-34(26-28-36)33-23-21-32(22-24-33)31-12-5-3-6-13-31/h3-29H,1-2H3/q+1. The molecule has 0 saturated carbocycles. The van der Waals surface area contributed by atoms with Gasteiger partial charge in [-0.15, -0.1) is 0 Å². The van der Waals surface area contributed by atoms with Crippen molar-refractivity contribution in [2.75, 3.05) is 0 Å². The van der Waals surface area contributed by atoms with Crippen LogP contribution in [0.1, 0.15) is 5.56 Å². The Morgan fingerprint density at radius 2 is 1.10 bits per heavy atom. The van der Waals surface area contributed by atoms with Gasteiger partial charge in [0, 0.05) is 10.8 Å². The SMILES string of the molecule is Cc1ccc2c(oc3cccc(-c4ccccc4)c32)c1-c1n(-c2ccc(-c3ccc(-c4ccccc4)cc3)cc2)c2ccccc2[n+]1C. The van der Waals surface area contributed by atoms with Crippen LogP contribution in [0, 0.1) is 6.92 Å². The molecular weight excluding hydrogens is 585 g/mol. The number of hydrogen-bond acceptors (Lipinski definition) is 1. The third-order valence-corrected chi connectivity index (χ3v) is 9.65. The number of aryl methyl sites for hydroxylation is 2. The Labute approximate surface area is 279 Å². The quantitative estimate of drug-likeness (QED) is 0.176. The second-order valence-corrected chi connectivity index (χ2v) is 12.5. The first-order valence-corrected chi connectivity index (χ1v) is 16.4. The molecule has 0 fully saturated rings. The molecule has 0 aliphatic heterocycles. The molecule has 2 aromatic heterocycles. The first-order valence-electron chi connectivity index (χ1n) is 16.4. The van der Waals surface area contributed by atoms with Gasteiger partial charge in [0.2, 0.25) is 0 Å². The van der Waals surface area contributed by atoms with E-state index >= 15 is 0 Å². The average Bonchev–Trinajstić information content (AvgIpc) is 3.67. The van der Waals surface area contributed by atoms with E-state index in [0.717, 1.165) is 55.6 Å². The number of rotatable bonds is 5. The largest absolute Gasteiger partial charge is 0.455 e. The molecule has 0 aliphatic carbocycles. The van der Waals surface area contributed by atoms with E-state index in [4.69, 9.17) is 4.42 Å². The fourth-order valence-corrected chi connectivity index (χ4v) is 7.27. The van der Waals surface area contributed by atoms with Crippen molar-refractivity contribution < 1.29 is 8.98 Å². The smallest absolute Gasteiger partial charge is 0.298 e. The van der Waals surface area contributed by atoms with Crippen LogP contribution >= 0.6 is 0 Å². The zero-order valence-corrected chi connectivity index (χ0v) is 26.9. The van der Waals surface area contributed by atoms with Crippen molar-refractivity contribution >= 4 is 33.0 Å². The van der Waals surface area contributed by atoms with Crippen LogP contribution in [-0.4, -0.2) is 4.57 Å². The summed E-state index contributed by atoms with van der Waals surface area (Å²) in [5, 5.41) is 2.27. The average molecular weight is 618 g/mol. The number of furan rings is 1. The second kappa shape index (κ2) is 11.3. The van der Waals surface area contributed by atoms with Gasteiger partial charge in [-0.05, 0) is 76.2 Å². The topological polar surface area (TPSA) is 21.9 Å². The van der Waals surface area contributed by atoms with Crippen LogP contribution in [0.4, 0.5) is 0 Å². The Kier molecular flexibility index (Phi) is 6.58. The first kappa shape index (κ1) is 28.1. The second-order valence-electron chi connectivity index (χ2n) is 12.5. The summed E-state index contributed by atoms with van der Waals surface area (Å²) >= 11 is 0. The van der Waals surface area contributed by atoms with E-state index in [0.29, 0.717) is 0 Å². The van der Waals surface area contributed by atoms with E-state index in [-0.39, 0.29) is 0 Å². The van der Waals surface area contributed by atoms with Crippen molar-refractivity contribution in [3.05, 3.63) is 169 Å². The van der Waals surface area contributed by atoms with E-state index < -0.39 is 0 Å². The normalized spacial score (nSPS) is 11.5. The molecule has 48 heavy (non-hydrogen) atoms. The molecule has 9 aromatic rings. The number of para-hydroxylation sites is 2. The Balaban J connectivity index is 1.22. The van der Waals surface area contributed by atoms with Crippen LogP contribution < -0.4 is 4.57 Å². The summed E-state index contributed by atoms with van der Waals surface area (Å²) in [4.78, 5) is 0. The van der Waals surface area contributed by atoms with Crippen LogP contribution in [0.3, 0.4) is 0 Å². The van der Waals surface area contributed by atoms with Crippen LogP contribution in [0.5, 0.6) is 0 Å².